The van der Waals surface area contributed by atoms with Crippen molar-refractivity contribution in [3.05, 3.63) is 20.8 Å². The molecule has 2 aliphatic heterocycles. The molecule has 2 aliphatic rings. The summed E-state index contributed by atoms with van der Waals surface area (Å²) in [6.07, 6.45) is 4.08. The Balaban J connectivity index is 1.69. The molecule has 3 rings (SSSR count). The molecule has 0 spiro atoms. The van der Waals surface area contributed by atoms with Crippen molar-refractivity contribution in [3.63, 3.8) is 0 Å². The van der Waals surface area contributed by atoms with Gasteiger partial charge in [-0.1, -0.05) is 6.92 Å². The van der Waals surface area contributed by atoms with Crippen molar-refractivity contribution >= 4 is 27.3 Å². The Bertz CT molecular complexity index is 406. The summed E-state index contributed by atoms with van der Waals surface area (Å²) >= 11 is 5.44. The minimum Gasteiger partial charge on any atom is -0.298 e. The van der Waals surface area contributed by atoms with Crippen molar-refractivity contribution in [3.8, 4) is 0 Å². The van der Waals surface area contributed by atoms with Crippen LogP contribution >= 0.6 is 27.3 Å². The predicted octanol–water partition coefficient (Wildman–Crippen LogP) is 3.57. The fraction of sp³-hybridized carbons (Fsp3) is 0.714. The van der Waals surface area contributed by atoms with E-state index in [0.29, 0.717) is 0 Å². The van der Waals surface area contributed by atoms with E-state index in [-0.39, 0.29) is 0 Å². The quantitative estimate of drug-likeness (QED) is 0.836. The molecule has 100 valence electrons. The van der Waals surface area contributed by atoms with Crippen molar-refractivity contribution < 1.29 is 0 Å². The molecule has 1 aromatic heterocycles. The third kappa shape index (κ3) is 2.67. The lowest BCUT2D eigenvalue weighted by molar-refractivity contribution is 0.0444. The lowest BCUT2D eigenvalue weighted by Crippen LogP contribution is -2.55. The van der Waals surface area contributed by atoms with E-state index in [4.69, 9.17) is 0 Å². The number of thiophene rings is 1. The van der Waals surface area contributed by atoms with Crippen molar-refractivity contribution in [2.24, 2.45) is 0 Å². The van der Waals surface area contributed by atoms with Gasteiger partial charge in [0.2, 0.25) is 0 Å². The summed E-state index contributed by atoms with van der Waals surface area (Å²) in [4.78, 5) is 6.92. The summed E-state index contributed by atoms with van der Waals surface area (Å²) in [6, 6.07) is 3.86. The van der Waals surface area contributed by atoms with Gasteiger partial charge in [-0.3, -0.25) is 9.80 Å². The van der Waals surface area contributed by atoms with Crippen LogP contribution in [-0.2, 0) is 6.54 Å². The predicted molar refractivity (Wildman–Crippen MR) is 81.1 cm³/mol. The van der Waals surface area contributed by atoms with E-state index < -0.39 is 0 Å². The number of halogens is 1. The fourth-order valence-electron chi connectivity index (χ4n) is 3.37. The second kappa shape index (κ2) is 5.61. The highest BCUT2D eigenvalue weighted by Crippen LogP contribution is 2.28. The van der Waals surface area contributed by atoms with Crippen LogP contribution in [0.2, 0.25) is 0 Å². The third-order valence-corrected chi connectivity index (χ3v) is 6.04. The first-order chi connectivity index (χ1) is 8.76. The summed E-state index contributed by atoms with van der Waals surface area (Å²) in [5, 5.41) is 2.20. The average molecular weight is 329 g/mol. The Labute approximate surface area is 122 Å². The first-order valence-corrected chi connectivity index (χ1v) is 8.64. The topological polar surface area (TPSA) is 6.48 Å². The minimum atomic E-state index is 0.750. The van der Waals surface area contributed by atoms with Gasteiger partial charge in [-0.05, 0) is 47.8 Å². The number of fused-ring (bicyclic) bond motifs is 1. The Morgan fingerprint density at radius 1 is 1.44 bits per heavy atom. The summed E-state index contributed by atoms with van der Waals surface area (Å²) in [5.74, 6) is 0. The molecular weight excluding hydrogens is 308 g/mol. The molecule has 3 heterocycles. The van der Waals surface area contributed by atoms with Crippen molar-refractivity contribution in [1.82, 2.24) is 9.80 Å². The maximum Gasteiger partial charge on any atom is 0.0332 e. The highest BCUT2D eigenvalue weighted by atomic mass is 79.9. The van der Waals surface area contributed by atoms with Gasteiger partial charge in [0.05, 0.1) is 0 Å². The van der Waals surface area contributed by atoms with Gasteiger partial charge < -0.3 is 0 Å². The zero-order valence-electron chi connectivity index (χ0n) is 10.9. The van der Waals surface area contributed by atoms with Crippen LogP contribution in [0.4, 0.5) is 0 Å². The maximum absolute atomic E-state index is 3.56. The number of piperazine rings is 1. The van der Waals surface area contributed by atoms with E-state index >= 15 is 0 Å². The van der Waals surface area contributed by atoms with E-state index in [1.807, 2.05) is 11.3 Å². The maximum atomic E-state index is 3.56. The molecular formula is C14H21BrN2S. The van der Waals surface area contributed by atoms with Gasteiger partial charge in [-0.15, -0.1) is 11.3 Å². The molecule has 0 saturated carbocycles. The highest BCUT2D eigenvalue weighted by Gasteiger charge is 2.35. The smallest absolute Gasteiger partial charge is 0.0332 e. The Hall–Kier alpha value is 0.1000. The molecule has 0 bridgehead atoms. The van der Waals surface area contributed by atoms with Gasteiger partial charge in [0.15, 0.2) is 0 Å². The summed E-state index contributed by atoms with van der Waals surface area (Å²) in [6.45, 7) is 7.36. The van der Waals surface area contributed by atoms with Gasteiger partial charge >= 0.3 is 0 Å². The molecule has 2 unspecified atom stereocenters. The first kappa shape index (κ1) is 13.1. The fourth-order valence-corrected chi connectivity index (χ4v) is 4.84. The molecule has 0 aromatic carbocycles. The molecule has 4 heteroatoms. The molecule has 2 nitrogen and oxygen atoms in total. The molecule has 0 amide bonds. The molecule has 0 N–H and O–H groups in total. The molecule has 2 saturated heterocycles. The molecule has 2 fully saturated rings. The number of nitrogens with zero attached hydrogens (tertiary/aromatic N) is 2. The Kier molecular flexibility index (Phi) is 4.09. The van der Waals surface area contributed by atoms with E-state index in [1.54, 1.807) is 0 Å². The first-order valence-electron chi connectivity index (χ1n) is 6.97. The van der Waals surface area contributed by atoms with Gasteiger partial charge in [0.1, 0.15) is 0 Å². The third-order valence-electron chi connectivity index (χ3n) is 4.36. The van der Waals surface area contributed by atoms with Crippen LogP contribution in [0.3, 0.4) is 0 Å². The molecule has 18 heavy (non-hydrogen) atoms. The molecule has 1 aromatic rings. The number of hydrogen-bond donors (Lipinski definition) is 0. The van der Waals surface area contributed by atoms with E-state index in [0.717, 1.165) is 18.6 Å². The normalized spacial score (nSPS) is 29.7. The van der Waals surface area contributed by atoms with Crippen LogP contribution in [0, 0.1) is 0 Å². The summed E-state index contributed by atoms with van der Waals surface area (Å²) < 4.78 is 1.23. The molecule has 2 atom stereocenters. The van der Waals surface area contributed by atoms with E-state index in [1.165, 1.54) is 48.2 Å². The molecule has 0 radical (unpaired) electrons. The van der Waals surface area contributed by atoms with E-state index in [2.05, 4.69) is 44.1 Å². The summed E-state index contributed by atoms with van der Waals surface area (Å²) in [5.41, 5.74) is 0. The number of rotatable bonds is 3. The van der Waals surface area contributed by atoms with Crippen LogP contribution in [0.15, 0.2) is 15.9 Å². The molecule has 0 aliphatic carbocycles. The second-order valence-electron chi connectivity index (χ2n) is 5.51. The largest absolute Gasteiger partial charge is 0.298 e. The van der Waals surface area contributed by atoms with Crippen LogP contribution in [0.25, 0.3) is 0 Å². The van der Waals surface area contributed by atoms with Crippen LogP contribution in [-0.4, -0.2) is 41.5 Å². The van der Waals surface area contributed by atoms with E-state index in [9.17, 15) is 0 Å². The van der Waals surface area contributed by atoms with Gasteiger partial charge in [0, 0.05) is 46.4 Å². The monoisotopic (exact) mass is 328 g/mol. The van der Waals surface area contributed by atoms with Crippen LogP contribution in [0.5, 0.6) is 0 Å². The standard InChI is InChI=1S/C14H21BrN2S/c1-2-12-7-16-5-3-4-13(16)8-17(12)9-14-6-11(15)10-18-14/h6,10,12-13H,2-5,7-9H2,1H3. The van der Waals surface area contributed by atoms with Gasteiger partial charge in [0.25, 0.3) is 0 Å². The minimum absolute atomic E-state index is 0.750. The SMILES string of the molecule is CCC1CN2CCCC2CN1Cc1cc(Br)cs1. The van der Waals surface area contributed by atoms with Gasteiger partial charge in [-0.25, -0.2) is 0 Å². The Morgan fingerprint density at radius 3 is 3.06 bits per heavy atom. The average Bonchev–Trinajstić information content (AvgIpc) is 2.97. The zero-order valence-corrected chi connectivity index (χ0v) is 13.3. The van der Waals surface area contributed by atoms with Crippen LogP contribution < -0.4 is 0 Å². The summed E-state index contributed by atoms with van der Waals surface area (Å²) in [7, 11) is 0. The van der Waals surface area contributed by atoms with Crippen molar-refractivity contribution in [2.75, 3.05) is 19.6 Å². The van der Waals surface area contributed by atoms with Crippen LogP contribution in [0.1, 0.15) is 31.1 Å². The lowest BCUT2D eigenvalue weighted by Gasteiger charge is -2.43. The Morgan fingerprint density at radius 2 is 2.33 bits per heavy atom. The number of hydrogen-bond acceptors (Lipinski definition) is 3. The van der Waals surface area contributed by atoms with Crippen molar-refractivity contribution in [2.45, 2.75) is 44.8 Å². The van der Waals surface area contributed by atoms with Gasteiger partial charge in [-0.2, -0.15) is 0 Å². The lowest BCUT2D eigenvalue weighted by atomic mass is 10.1. The second-order valence-corrected chi connectivity index (χ2v) is 7.43. The zero-order chi connectivity index (χ0) is 12.5. The van der Waals surface area contributed by atoms with Crippen molar-refractivity contribution in [1.29, 1.82) is 0 Å². The highest BCUT2D eigenvalue weighted by molar-refractivity contribution is 9.10.